The van der Waals surface area contributed by atoms with E-state index in [1.165, 1.54) is 0 Å². The van der Waals surface area contributed by atoms with Crippen LogP contribution in [0.2, 0.25) is 0 Å². The summed E-state index contributed by atoms with van der Waals surface area (Å²) in [5.74, 6) is 0. The first-order valence-corrected chi connectivity index (χ1v) is 4.81. The summed E-state index contributed by atoms with van der Waals surface area (Å²) in [4.78, 5) is 0. The molecule has 0 amide bonds. The molecule has 0 saturated carbocycles. The van der Waals surface area contributed by atoms with Crippen LogP contribution in [0.4, 0.5) is 0 Å². The van der Waals surface area contributed by atoms with Crippen LogP contribution in [0, 0.1) is 0 Å². The molecule has 1 aliphatic rings. The second-order valence-corrected chi connectivity index (χ2v) is 3.37. The van der Waals surface area contributed by atoms with Gasteiger partial charge in [-0.15, -0.1) is 0 Å². The van der Waals surface area contributed by atoms with Crippen molar-refractivity contribution in [3.63, 3.8) is 0 Å². The van der Waals surface area contributed by atoms with Gasteiger partial charge < -0.3 is 0 Å². The van der Waals surface area contributed by atoms with Gasteiger partial charge in [0.2, 0.25) is 0 Å². The second-order valence-electron chi connectivity index (χ2n) is 0.619. The zero-order valence-corrected chi connectivity index (χ0v) is 5.97. The van der Waals surface area contributed by atoms with E-state index >= 15 is 0 Å². The van der Waals surface area contributed by atoms with Crippen molar-refractivity contribution in [3.05, 3.63) is 15.4 Å². The maximum atomic E-state index is 3.78. The number of hydrogen-bond acceptors (Lipinski definition) is 1. The molecule has 3 heteroatoms. The molecule has 5 heavy (non-hydrogen) atoms. The summed E-state index contributed by atoms with van der Waals surface area (Å²) >= 11 is -0.466. The first-order chi connectivity index (χ1) is 2.50. The van der Waals surface area contributed by atoms with Crippen LogP contribution in [0.1, 0.15) is 0 Å². The Hall–Kier alpha value is 0.223. The second kappa shape index (κ2) is 1.61. The van der Waals surface area contributed by atoms with Gasteiger partial charge in [0.25, 0.3) is 0 Å². The van der Waals surface area contributed by atoms with Crippen LogP contribution < -0.4 is 0 Å². The molecule has 0 fully saturated rings. The monoisotopic (exact) mass is 263 g/mol. The van der Waals surface area contributed by atoms with Crippen molar-refractivity contribution >= 4 is 23.1 Å². The van der Waals surface area contributed by atoms with Crippen molar-refractivity contribution in [3.8, 4) is 0 Å². The van der Waals surface area contributed by atoms with Crippen LogP contribution in [0.25, 0.3) is 5.43 Å². The standard InChI is InChI=1S/C2H2N2.Bi/c1-2-4-3;/h1-2H;/q-1;. The molecule has 1 rings (SSSR count). The van der Waals surface area contributed by atoms with Crippen LogP contribution in [0.3, 0.4) is 0 Å². The molecule has 0 aromatic rings. The van der Waals surface area contributed by atoms with E-state index in [1.807, 2.05) is 0 Å². The third kappa shape index (κ3) is 0.765. The van der Waals surface area contributed by atoms with Gasteiger partial charge in [0, 0.05) is 0 Å². The van der Waals surface area contributed by atoms with Gasteiger partial charge >= 0.3 is 41.5 Å². The zero-order valence-electron chi connectivity index (χ0n) is 2.50. The summed E-state index contributed by atoms with van der Waals surface area (Å²) < 4.78 is 5.86. The van der Waals surface area contributed by atoms with Crippen molar-refractivity contribution < 1.29 is 0 Å². The first-order valence-electron chi connectivity index (χ1n) is 1.25. The number of rotatable bonds is 0. The SMILES string of the molecule is C1=[CH][Bi]=[N][N-]1. The molecule has 1 heterocycles. The van der Waals surface area contributed by atoms with Gasteiger partial charge in [-0.1, -0.05) is 0 Å². The van der Waals surface area contributed by atoms with E-state index in [-0.39, 0.29) is 0 Å². The van der Waals surface area contributed by atoms with Gasteiger partial charge in [-0.25, -0.2) is 0 Å². The summed E-state index contributed by atoms with van der Waals surface area (Å²) in [7, 11) is 0. The Bertz CT molecular complexity index is 65.7. The molecule has 0 radical (unpaired) electrons. The molecule has 0 spiro atoms. The van der Waals surface area contributed by atoms with Gasteiger partial charge in [0.05, 0.1) is 0 Å². The molecule has 0 saturated heterocycles. The average molecular weight is 263 g/mol. The Kier molecular flexibility index (Phi) is 1.10. The van der Waals surface area contributed by atoms with Crippen LogP contribution >= 0.6 is 0 Å². The fraction of sp³-hybridized carbons (Fsp3) is 0. The normalized spacial score (nSPS) is 16.0. The Morgan fingerprint density at radius 1 is 1.80 bits per heavy atom. The predicted molar refractivity (Wildman–Crippen MR) is 20.7 cm³/mol. The zero-order chi connectivity index (χ0) is 3.54. The molecule has 0 N–H and O–H groups in total. The Morgan fingerprint density at radius 3 is 3.00 bits per heavy atom. The fourth-order valence-corrected chi connectivity index (χ4v) is 1.31. The van der Waals surface area contributed by atoms with Gasteiger partial charge in [0.1, 0.15) is 0 Å². The third-order valence-corrected chi connectivity index (χ3v) is 2.14. The third-order valence-electron chi connectivity index (χ3n) is 0.303. The molecule has 2 nitrogen and oxygen atoms in total. The van der Waals surface area contributed by atoms with E-state index < -0.39 is 23.1 Å². The molecule has 0 atom stereocenters. The molecule has 0 unspecified atom stereocenters. The van der Waals surface area contributed by atoms with Crippen molar-refractivity contribution in [1.82, 2.24) is 0 Å². The number of hydrogen-bond donors (Lipinski definition) is 0. The summed E-state index contributed by atoms with van der Waals surface area (Å²) in [6, 6.07) is 0. The Labute approximate surface area is 41.7 Å². The van der Waals surface area contributed by atoms with Gasteiger partial charge in [-0.2, -0.15) is 0 Å². The topological polar surface area (TPSA) is 26.5 Å². The molecule has 0 aliphatic carbocycles. The van der Waals surface area contributed by atoms with Crippen LogP contribution in [-0.4, -0.2) is 23.1 Å². The molecule has 0 aromatic heterocycles. The van der Waals surface area contributed by atoms with Crippen molar-refractivity contribution in [2.75, 3.05) is 0 Å². The van der Waals surface area contributed by atoms with Crippen LogP contribution in [-0.2, 0) is 0 Å². The van der Waals surface area contributed by atoms with Crippen molar-refractivity contribution in [2.45, 2.75) is 0 Å². The molecule has 0 bridgehead atoms. The Morgan fingerprint density at radius 2 is 2.80 bits per heavy atom. The van der Waals surface area contributed by atoms with E-state index in [4.69, 9.17) is 0 Å². The first kappa shape index (κ1) is 3.41. The average Bonchev–Trinajstić information content (AvgIpc) is 1.76. The minimum absolute atomic E-state index is 0.466. The Balaban J connectivity index is 2.61. The molecule has 0 aromatic carbocycles. The molecular formula is C2H2BiN2-. The minimum atomic E-state index is -0.466. The van der Waals surface area contributed by atoms with E-state index in [1.54, 1.807) is 6.20 Å². The van der Waals surface area contributed by atoms with E-state index in [0.29, 0.717) is 0 Å². The molecule has 26 valence electrons. The van der Waals surface area contributed by atoms with Gasteiger partial charge in [-0.3, -0.25) is 0 Å². The summed E-state index contributed by atoms with van der Waals surface area (Å²) in [5, 5.41) is 0. The van der Waals surface area contributed by atoms with E-state index in [2.05, 4.69) is 12.2 Å². The summed E-state index contributed by atoms with van der Waals surface area (Å²) in [6.45, 7) is 0. The molecular weight excluding hydrogens is 261 g/mol. The van der Waals surface area contributed by atoms with Crippen molar-refractivity contribution in [2.24, 2.45) is 2.98 Å². The van der Waals surface area contributed by atoms with E-state index in [0.717, 1.165) is 0 Å². The maximum absolute atomic E-state index is 3.78. The van der Waals surface area contributed by atoms with Crippen LogP contribution in [0.15, 0.2) is 13.0 Å². The summed E-state index contributed by atoms with van der Waals surface area (Å²) in [6.07, 6.45) is 1.77. The van der Waals surface area contributed by atoms with E-state index in [9.17, 15) is 0 Å². The molecule has 1 aliphatic heterocycles. The van der Waals surface area contributed by atoms with Gasteiger partial charge in [0.15, 0.2) is 0 Å². The predicted octanol–water partition coefficient (Wildman–Crippen LogP) is 0.648. The summed E-state index contributed by atoms with van der Waals surface area (Å²) in [5.41, 5.74) is 3.61. The van der Waals surface area contributed by atoms with Crippen molar-refractivity contribution in [1.29, 1.82) is 0 Å². The van der Waals surface area contributed by atoms with Crippen LogP contribution in [0.5, 0.6) is 0 Å². The fourth-order valence-electron chi connectivity index (χ4n) is 0.149. The quantitative estimate of drug-likeness (QED) is 0.574. The number of nitrogens with zero attached hydrogens (tertiary/aromatic N) is 2. The van der Waals surface area contributed by atoms with Gasteiger partial charge in [-0.05, 0) is 0 Å².